The lowest BCUT2D eigenvalue weighted by molar-refractivity contribution is 0.376. The normalized spacial score (nSPS) is 11.9. The third kappa shape index (κ3) is 4.68. The van der Waals surface area contributed by atoms with Gasteiger partial charge in [0.1, 0.15) is 11.5 Å². The summed E-state index contributed by atoms with van der Waals surface area (Å²) < 4.78 is 11.8. The standard InChI is InChI=1S/C19H17N5O2S2/c1-12(17-20-13(2)24-26-17)27-19-23-22-18(28-19)21-14-8-10-16(11-9-14)25-15-6-4-3-5-7-15/h3-12H,1-2H3,(H,21,22). The SMILES string of the molecule is Cc1noc(C(C)Sc2nnc(Nc3ccc(Oc4ccccc4)cc3)s2)n1. The molecule has 0 aliphatic heterocycles. The molecule has 1 N–H and O–H groups in total. The Kier molecular flexibility index (Phi) is 5.54. The van der Waals surface area contributed by atoms with Gasteiger partial charge < -0.3 is 14.6 Å². The summed E-state index contributed by atoms with van der Waals surface area (Å²) in [5, 5.41) is 16.2. The first-order valence-corrected chi connectivity index (χ1v) is 10.3. The van der Waals surface area contributed by atoms with E-state index in [1.165, 1.54) is 23.1 Å². The molecule has 9 heteroatoms. The molecule has 4 rings (SSSR count). The number of nitrogens with zero attached hydrogens (tertiary/aromatic N) is 4. The number of hydrogen-bond acceptors (Lipinski definition) is 9. The lowest BCUT2D eigenvalue weighted by Crippen LogP contribution is -1.90. The van der Waals surface area contributed by atoms with E-state index in [2.05, 4.69) is 25.7 Å². The fraction of sp³-hybridized carbons (Fsp3) is 0.158. The van der Waals surface area contributed by atoms with E-state index in [1.807, 2.05) is 61.5 Å². The molecule has 0 spiro atoms. The zero-order valence-electron chi connectivity index (χ0n) is 15.2. The van der Waals surface area contributed by atoms with Crippen molar-refractivity contribution >= 4 is 33.9 Å². The van der Waals surface area contributed by atoms with Crippen LogP contribution in [0.2, 0.25) is 0 Å². The summed E-state index contributed by atoms with van der Waals surface area (Å²) in [5.41, 5.74) is 0.911. The van der Waals surface area contributed by atoms with Crippen molar-refractivity contribution in [3.05, 3.63) is 66.3 Å². The van der Waals surface area contributed by atoms with Crippen molar-refractivity contribution in [3.63, 3.8) is 0 Å². The summed E-state index contributed by atoms with van der Waals surface area (Å²) in [6.45, 7) is 3.80. The molecule has 2 aromatic heterocycles. The molecule has 1 atom stereocenters. The van der Waals surface area contributed by atoms with E-state index in [1.54, 1.807) is 6.92 Å². The average Bonchev–Trinajstić information content (AvgIpc) is 3.33. The molecule has 7 nitrogen and oxygen atoms in total. The van der Waals surface area contributed by atoms with Crippen LogP contribution >= 0.6 is 23.1 Å². The van der Waals surface area contributed by atoms with Crippen molar-refractivity contribution in [2.24, 2.45) is 0 Å². The van der Waals surface area contributed by atoms with Gasteiger partial charge in [-0.1, -0.05) is 46.5 Å². The van der Waals surface area contributed by atoms with E-state index < -0.39 is 0 Å². The van der Waals surface area contributed by atoms with Crippen molar-refractivity contribution in [3.8, 4) is 11.5 Å². The lowest BCUT2D eigenvalue weighted by Gasteiger charge is -2.07. The summed E-state index contributed by atoms with van der Waals surface area (Å²) in [5.74, 6) is 2.79. The van der Waals surface area contributed by atoms with Crippen LogP contribution in [0, 0.1) is 6.92 Å². The summed E-state index contributed by atoms with van der Waals surface area (Å²) in [6.07, 6.45) is 0. The predicted octanol–water partition coefficient (Wildman–Crippen LogP) is 5.62. The van der Waals surface area contributed by atoms with E-state index in [9.17, 15) is 0 Å². The molecule has 0 aliphatic rings. The maximum atomic E-state index is 5.80. The van der Waals surface area contributed by atoms with Crippen LogP contribution in [0.5, 0.6) is 11.5 Å². The van der Waals surface area contributed by atoms with Gasteiger partial charge in [0.15, 0.2) is 10.2 Å². The highest BCUT2D eigenvalue weighted by atomic mass is 32.2. The second kappa shape index (κ2) is 8.41. The van der Waals surface area contributed by atoms with Crippen LogP contribution in [-0.4, -0.2) is 20.3 Å². The largest absolute Gasteiger partial charge is 0.457 e. The van der Waals surface area contributed by atoms with E-state index in [0.717, 1.165) is 21.5 Å². The Balaban J connectivity index is 1.35. The van der Waals surface area contributed by atoms with E-state index in [-0.39, 0.29) is 5.25 Å². The van der Waals surface area contributed by atoms with Crippen molar-refractivity contribution < 1.29 is 9.26 Å². The Morgan fingerprint density at radius 2 is 1.79 bits per heavy atom. The minimum Gasteiger partial charge on any atom is -0.457 e. The molecule has 0 fully saturated rings. The number of rotatable bonds is 7. The van der Waals surface area contributed by atoms with Crippen LogP contribution in [0.15, 0.2) is 63.5 Å². The summed E-state index contributed by atoms with van der Waals surface area (Å²) in [6, 6.07) is 17.4. The van der Waals surface area contributed by atoms with Gasteiger partial charge in [-0.2, -0.15) is 4.98 Å². The minimum atomic E-state index is 0.0106. The van der Waals surface area contributed by atoms with Crippen molar-refractivity contribution in [1.29, 1.82) is 0 Å². The summed E-state index contributed by atoms with van der Waals surface area (Å²) >= 11 is 3.01. The molecule has 0 radical (unpaired) electrons. The molecule has 4 aromatic rings. The molecular formula is C19H17N5O2S2. The molecule has 0 aliphatic carbocycles. The monoisotopic (exact) mass is 411 g/mol. The first-order valence-electron chi connectivity index (χ1n) is 8.56. The fourth-order valence-corrected chi connectivity index (χ4v) is 4.29. The van der Waals surface area contributed by atoms with Crippen molar-refractivity contribution in [2.75, 3.05) is 5.32 Å². The molecule has 0 bridgehead atoms. The third-order valence-corrected chi connectivity index (χ3v) is 5.67. The van der Waals surface area contributed by atoms with Gasteiger partial charge in [-0.05, 0) is 50.2 Å². The van der Waals surface area contributed by atoms with Gasteiger partial charge in [-0.15, -0.1) is 10.2 Å². The number of ether oxygens (including phenoxy) is 1. The van der Waals surface area contributed by atoms with Gasteiger partial charge in [-0.3, -0.25) is 0 Å². The van der Waals surface area contributed by atoms with Crippen LogP contribution in [0.25, 0.3) is 0 Å². The van der Waals surface area contributed by atoms with E-state index in [0.29, 0.717) is 16.8 Å². The van der Waals surface area contributed by atoms with Crippen molar-refractivity contribution in [1.82, 2.24) is 20.3 Å². The highest BCUT2D eigenvalue weighted by Crippen LogP contribution is 2.37. The lowest BCUT2D eigenvalue weighted by atomic mass is 10.3. The van der Waals surface area contributed by atoms with Crippen LogP contribution < -0.4 is 10.1 Å². The second-order valence-corrected chi connectivity index (χ2v) is 8.44. The van der Waals surface area contributed by atoms with Gasteiger partial charge in [-0.25, -0.2) is 0 Å². The van der Waals surface area contributed by atoms with Crippen molar-refractivity contribution in [2.45, 2.75) is 23.4 Å². The Hall–Kier alpha value is -2.91. The minimum absolute atomic E-state index is 0.0106. The zero-order valence-corrected chi connectivity index (χ0v) is 16.8. The molecule has 0 amide bonds. The summed E-state index contributed by atoms with van der Waals surface area (Å²) in [4.78, 5) is 4.25. The Morgan fingerprint density at radius 3 is 2.50 bits per heavy atom. The molecule has 0 saturated carbocycles. The van der Waals surface area contributed by atoms with Gasteiger partial charge in [0, 0.05) is 5.69 Å². The quantitative estimate of drug-likeness (QED) is 0.392. The molecular weight excluding hydrogens is 394 g/mol. The Bertz CT molecular complexity index is 1030. The van der Waals surface area contributed by atoms with Crippen LogP contribution in [-0.2, 0) is 0 Å². The van der Waals surface area contributed by atoms with Gasteiger partial charge >= 0.3 is 0 Å². The summed E-state index contributed by atoms with van der Waals surface area (Å²) in [7, 11) is 0. The molecule has 2 heterocycles. The molecule has 28 heavy (non-hydrogen) atoms. The van der Waals surface area contributed by atoms with Crippen LogP contribution in [0.3, 0.4) is 0 Å². The van der Waals surface area contributed by atoms with E-state index >= 15 is 0 Å². The molecule has 1 unspecified atom stereocenters. The Labute approximate surface area is 170 Å². The first kappa shape index (κ1) is 18.5. The van der Waals surface area contributed by atoms with Gasteiger partial charge in [0.25, 0.3) is 0 Å². The zero-order chi connectivity index (χ0) is 19.3. The maximum Gasteiger partial charge on any atom is 0.239 e. The number of para-hydroxylation sites is 1. The molecule has 2 aromatic carbocycles. The molecule has 142 valence electrons. The second-order valence-electron chi connectivity index (χ2n) is 5.88. The number of nitrogens with one attached hydrogen (secondary N) is 1. The number of thioether (sulfide) groups is 1. The van der Waals surface area contributed by atoms with Crippen LogP contribution in [0.1, 0.15) is 23.9 Å². The topological polar surface area (TPSA) is 86.0 Å². The predicted molar refractivity (Wildman–Crippen MR) is 109 cm³/mol. The smallest absolute Gasteiger partial charge is 0.239 e. The van der Waals surface area contributed by atoms with E-state index in [4.69, 9.17) is 9.26 Å². The number of benzene rings is 2. The average molecular weight is 412 g/mol. The Morgan fingerprint density at radius 1 is 1.04 bits per heavy atom. The molecule has 0 saturated heterocycles. The van der Waals surface area contributed by atoms with Gasteiger partial charge in [0.05, 0.1) is 5.25 Å². The maximum absolute atomic E-state index is 5.80. The number of aromatic nitrogens is 4. The number of hydrogen-bond donors (Lipinski definition) is 1. The van der Waals surface area contributed by atoms with Crippen LogP contribution in [0.4, 0.5) is 10.8 Å². The fourth-order valence-electron chi connectivity index (χ4n) is 2.34. The highest BCUT2D eigenvalue weighted by Gasteiger charge is 2.17. The highest BCUT2D eigenvalue weighted by molar-refractivity contribution is 8.01. The first-order chi connectivity index (χ1) is 13.7. The number of aryl methyl sites for hydroxylation is 1. The number of anilines is 2. The third-order valence-electron chi connectivity index (χ3n) is 3.66. The van der Waals surface area contributed by atoms with Gasteiger partial charge in [0.2, 0.25) is 11.0 Å².